The number of nitrogens with one attached hydrogen (secondary N) is 2. The molecule has 1 atom stereocenters. The van der Waals surface area contributed by atoms with Crippen LogP contribution >= 0.6 is 12.2 Å². The summed E-state index contributed by atoms with van der Waals surface area (Å²) < 4.78 is 0. The summed E-state index contributed by atoms with van der Waals surface area (Å²) >= 11 is 5.92. The second kappa shape index (κ2) is 10.7. The van der Waals surface area contributed by atoms with Gasteiger partial charge >= 0.3 is 0 Å². The molecule has 1 unspecified atom stereocenters. The molecule has 180 valence electrons. The van der Waals surface area contributed by atoms with Crippen LogP contribution < -0.4 is 10.9 Å². The summed E-state index contributed by atoms with van der Waals surface area (Å²) in [5, 5.41) is 5.20. The third-order valence-electron chi connectivity index (χ3n) is 7.22. The number of aryl methyl sites for hydroxylation is 3. The number of H-pyrrole nitrogens is 1. The maximum atomic E-state index is 13.1. The van der Waals surface area contributed by atoms with E-state index in [0.717, 1.165) is 40.2 Å². The smallest absolute Gasteiger partial charge is 0.253 e. The van der Waals surface area contributed by atoms with Gasteiger partial charge in [0.25, 0.3) is 5.56 Å². The van der Waals surface area contributed by atoms with E-state index in [4.69, 9.17) is 12.2 Å². The molecule has 4 nitrogen and oxygen atoms in total. The van der Waals surface area contributed by atoms with E-state index in [-0.39, 0.29) is 5.56 Å². The van der Waals surface area contributed by atoms with Gasteiger partial charge in [0.1, 0.15) is 0 Å². The van der Waals surface area contributed by atoms with Gasteiger partial charge in [-0.05, 0) is 104 Å². The fraction of sp³-hybridized carbons (Fsp3) is 0.448. The molecule has 1 aliphatic carbocycles. The van der Waals surface area contributed by atoms with Crippen LogP contribution in [-0.4, -0.2) is 21.5 Å². The van der Waals surface area contributed by atoms with Crippen molar-refractivity contribution in [2.24, 2.45) is 11.8 Å². The van der Waals surface area contributed by atoms with Crippen molar-refractivity contribution in [2.75, 3.05) is 11.9 Å². The highest BCUT2D eigenvalue weighted by atomic mass is 32.1. The molecular weight excluding hydrogens is 438 g/mol. The summed E-state index contributed by atoms with van der Waals surface area (Å²) in [7, 11) is 0. The number of hydrogen-bond donors (Lipinski definition) is 2. The summed E-state index contributed by atoms with van der Waals surface area (Å²) in [4.78, 5) is 18.5. The Kier molecular flexibility index (Phi) is 7.72. The van der Waals surface area contributed by atoms with Crippen molar-refractivity contribution in [3.05, 3.63) is 75.1 Å². The van der Waals surface area contributed by atoms with Crippen LogP contribution in [0.1, 0.15) is 61.3 Å². The number of thiocarbonyl (C=S) groups is 1. The van der Waals surface area contributed by atoms with Gasteiger partial charge in [0.05, 0.1) is 12.1 Å². The van der Waals surface area contributed by atoms with Gasteiger partial charge in [-0.15, -0.1) is 0 Å². The normalized spacial score (nSPS) is 14.2. The second-order valence-corrected chi connectivity index (χ2v) is 10.4. The predicted molar refractivity (Wildman–Crippen MR) is 148 cm³/mol. The van der Waals surface area contributed by atoms with Gasteiger partial charge in [0.15, 0.2) is 5.11 Å². The summed E-state index contributed by atoms with van der Waals surface area (Å²) in [6, 6.07) is 14.5. The van der Waals surface area contributed by atoms with Crippen molar-refractivity contribution in [1.29, 1.82) is 0 Å². The van der Waals surface area contributed by atoms with Crippen molar-refractivity contribution in [1.82, 2.24) is 9.88 Å². The highest BCUT2D eigenvalue weighted by Gasteiger charge is 2.32. The molecule has 0 spiro atoms. The monoisotopic (exact) mass is 475 g/mol. The molecular formula is C29H37N3OS. The quantitative estimate of drug-likeness (QED) is 0.332. The van der Waals surface area contributed by atoms with Crippen LogP contribution in [0.4, 0.5) is 5.69 Å². The Morgan fingerprint density at radius 3 is 2.68 bits per heavy atom. The van der Waals surface area contributed by atoms with Gasteiger partial charge in [-0.2, -0.15) is 0 Å². The molecule has 4 rings (SSSR count). The molecule has 0 amide bonds. The molecule has 2 aromatic carbocycles. The fourth-order valence-electron chi connectivity index (χ4n) is 4.83. The Labute approximate surface area is 208 Å². The SMILES string of the molecule is CCCCC(CN(Cc1cc2ccc(C)c(C)c2[nH]c1=O)C(=S)Nc1cccc(C)c1)C1CC1. The Hall–Kier alpha value is -2.66. The first-order valence-corrected chi connectivity index (χ1v) is 13.0. The average molecular weight is 476 g/mol. The minimum atomic E-state index is -0.0268. The van der Waals surface area contributed by atoms with Gasteiger partial charge in [-0.3, -0.25) is 4.79 Å². The van der Waals surface area contributed by atoms with E-state index in [9.17, 15) is 4.79 Å². The zero-order valence-corrected chi connectivity index (χ0v) is 21.7. The molecule has 0 bridgehead atoms. The molecule has 3 aromatic rings. The van der Waals surface area contributed by atoms with Crippen LogP contribution in [0.2, 0.25) is 0 Å². The zero-order valence-electron chi connectivity index (χ0n) is 20.9. The van der Waals surface area contributed by atoms with E-state index >= 15 is 0 Å². The summed E-state index contributed by atoms with van der Waals surface area (Å²) in [6.07, 6.45) is 6.29. The lowest BCUT2D eigenvalue weighted by molar-refractivity contribution is 0.291. The number of aromatic amines is 1. The number of anilines is 1. The molecule has 1 aromatic heterocycles. The molecule has 0 radical (unpaired) electrons. The maximum absolute atomic E-state index is 13.1. The van der Waals surface area contributed by atoms with Crippen LogP contribution in [0, 0.1) is 32.6 Å². The number of fused-ring (bicyclic) bond motifs is 1. The lowest BCUT2D eigenvalue weighted by Gasteiger charge is -2.30. The van der Waals surface area contributed by atoms with E-state index in [1.165, 1.54) is 43.2 Å². The molecule has 1 fully saturated rings. The number of rotatable bonds is 9. The highest BCUT2D eigenvalue weighted by molar-refractivity contribution is 7.80. The Bertz CT molecular complexity index is 1230. The number of nitrogens with zero attached hydrogens (tertiary/aromatic N) is 1. The topological polar surface area (TPSA) is 48.1 Å². The Morgan fingerprint density at radius 2 is 1.97 bits per heavy atom. The maximum Gasteiger partial charge on any atom is 0.253 e. The van der Waals surface area contributed by atoms with Gasteiger partial charge in [0, 0.05) is 17.8 Å². The molecule has 34 heavy (non-hydrogen) atoms. The molecule has 0 aliphatic heterocycles. The summed E-state index contributed by atoms with van der Waals surface area (Å²) in [5.41, 5.74) is 6.15. The third-order valence-corrected chi connectivity index (χ3v) is 7.58. The molecule has 2 N–H and O–H groups in total. The Balaban J connectivity index is 1.63. The van der Waals surface area contributed by atoms with Crippen LogP contribution in [0.15, 0.2) is 47.3 Å². The van der Waals surface area contributed by atoms with E-state index in [1.54, 1.807) is 0 Å². The van der Waals surface area contributed by atoms with Gasteiger partial charge < -0.3 is 15.2 Å². The molecule has 1 saturated carbocycles. The standard InChI is InChI=1S/C29H37N3OS/c1-5-6-9-24(22-13-14-22)17-32(29(34)30-26-10-7-8-19(2)15-26)18-25-16-23-12-11-20(3)21(4)27(23)31-28(25)33/h7-8,10-12,15-16,22,24H,5-6,9,13-14,17-18H2,1-4H3,(H,30,34)(H,31,33). The summed E-state index contributed by atoms with van der Waals surface area (Å²) in [5.74, 6) is 1.40. The highest BCUT2D eigenvalue weighted by Crippen LogP contribution is 2.40. The molecule has 1 aliphatic rings. The number of aromatic nitrogens is 1. The minimum Gasteiger partial charge on any atom is -0.344 e. The lowest BCUT2D eigenvalue weighted by atomic mass is 9.96. The van der Waals surface area contributed by atoms with Gasteiger partial charge in [0.2, 0.25) is 0 Å². The first kappa shape index (κ1) is 24.5. The van der Waals surface area contributed by atoms with Crippen LogP contribution in [0.25, 0.3) is 10.9 Å². The van der Waals surface area contributed by atoms with Crippen LogP contribution in [-0.2, 0) is 6.54 Å². The van der Waals surface area contributed by atoms with Crippen molar-refractivity contribution >= 4 is 33.9 Å². The van der Waals surface area contributed by atoms with E-state index in [1.807, 2.05) is 18.2 Å². The van der Waals surface area contributed by atoms with Crippen LogP contribution in [0.5, 0.6) is 0 Å². The first-order chi connectivity index (χ1) is 16.4. The third kappa shape index (κ3) is 5.87. The number of hydrogen-bond acceptors (Lipinski definition) is 2. The molecule has 1 heterocycles. The van der Waals surface area contributed by atoms with Gasteiger partial charge in [-0.25, -0.2) is 0 Å². The summed E-state index contributed by atoms with van der Waals surface area (Å²) in [6.45, 7) is 9.86. The van der Waals surface area contributed by atoms with Crippen molar-refractivity contribution in [2.45, 2.75) is 66.3 Å². The first-order valence-electron chi connectivity index (χ1n) is 12.6. The molecule has 5 heteroatoms. The van der Waals surface area contributed by atoms with E-state index in [0.29, 0.717) is 17.6 Å². The predicted octanol–water partition coefficient (Wildman–Crippen LogP) is 6.87. The van der Waals surface area contributed by atoms with Crippen LogP contribution in [0.3, 0.4) is 0 Å². The van der Waals surface area contributed by atoms with E-state index < -0.39 is 0 Å². The minimum absolute atomic E-state index is 0.0268. The number of unbranched alkanes of at least 4 members (excludes halogenated alkanes) is 1. The van der Waals surface area contributed by atoms with Crippen molar-refractivity contribution in [3.8, 4) is 0 Å². The van der Waals surface area contributed by atoms with Crippen molar-refractivity contribution in [3.63, 3.8) is 0 Å². The average Bonchev–Trinajstić information content (AvgIpc) is 3.64. The van der Waals surface area contributed by atoms with Gasteiger partial charge in [-0.1, -0.05) is 44.0 Å². The Morgan fingerprint density at radius 1 is 1.18 bits per heavy atom. The second-order valence-electron chi connectivity index (χ2n) is 10.0. The lowest BCUT2D eigenvalue weighted by Crippen LogP contribution is -2.39. The number of pyridine rings is 1. The van der Waals surface area contributed by atoms with E-state index in [2.05, 4.69) is 67.2 Å². The number of benzene rings is 2. The molecule has 0 saturated heterocycles. The van der Waals surface area contributed by atoms with Crippen molar-refractivity contribution < 1.29 is 0 Å². The largest absolute Gasteiger partial charge is 0.344 e. The zero-order chi connectivity index (χ0) is 24.2. The fourth-order valence-corrected chi connectivity index (χ4v) is 5.09.